The smallest absolute Gasteiger partial charge is 0.344 e. The molecule has 0 bridgehead atoms. The number of ketones is 1. The average Bonchev–Trinajstić information content (AvgIpc) is 2.95. The monoisotopic (exact) mass is 357 g/mol. The third-order valence-corrected chi connectivity index (χ3v) is 3.96. The largest absolute Gasteiger partial charge is 0.482 e. The summed E-state index contributed by atoms with van der Waals surface area (Å²) >= 11 is 5.77. The van der Waals surface area contributed by atoms with Crippen LogP contribution >= 0.6 is 11.6 Å². The number of rotatable bonds is 6. The molecule has 0 amide bonds. The van der Waals surface area contributed by atoms with Gasteiger partial charge in [-0.1, -0.05) is 29.8 Å². The third kappa shape index (κ3) is 4.00. The van der Waals surface area contributed by atoms with Gasteiger partial charge < -0.3 is 14.5 Å². The highest BCUT2D eigenvalue weighted by molar-refractivity contribution is 6.30. The number of aromatic amines is 1. The van der Waals surface area contributed by atoms with Gasteiger partial charge in [0.2, 0.25) is 5.78 Å². The van der Waals surface area contributed by atoms with Gasteiger partial charge in [0.25, 0.3) is 0 Å². The Hall–Kier alpha value is -2.79. The molecular weight excluding hydrogens is 342 g/mol. The van der Waals surface area contributed by atoms with E-state index in [4.69, 9.17) is 21.1 Å². The first-order chi connectivity index (χ1) is 12.0. The van der Waals surface area contributed by atoms with Crippen LogP contribution in [0.4, 0.5) is 0 Å². The lowest BCUT2D eigenvalue weighted by atomic mass is 10.1. The summed E-state index contributed by atoms with van der Waals surface area (Å²) in [6.45, 7) is 1.21. The van der Waals surface area contributed by atoms with Crippen molar-refractivity contribution in [3.8, 4) is 5.75 Å². The molecule has 0 aliphatic heterocycles. The number of aryl methyl sites for hydroxylation is 1. The van der Waals surface area contributed by atoms with Gasteiger partial charge in [-0.25, -0.2) is 4.79 Å². The van der Waals surface area contributed by atoms with Gasteiger partial charge in [0, 0.05) is 27.2 Å². The maximum absolute atomic E-state index is 12.4. The number of Topliss-reactive ketones (excluding diaryl/α,β-unsaturated/α-hetero) is 1. The molecule has 0 atom stereocenters. The minimum Gasteiger partial charge on any atom is -0.482 e. The zero-order valence-electron chi connectivity index (χ0n) is 13.5. The Balaban J connectivity index is 1.57. The van der Waals surface area contributed by atoms with Crippen LogP contribution in [-0.4, -0.2) is 30.0 Å². The molecule has 0 saturated carbocycles. The SMILES string of the molecule is Cc1[nH]c2ccccc2c1C(=O)COC(=O)COc1ccc(Cl)cc1. The zero-order chi connectivity index (χ0) is 17.8. The first-order valence-electron chi connectivity index (χ1n) is 7.69. The van der Waals surface area contributed by atoms with Crippen molar-refractivity contribution in [2.24, 2.45) is 0 Å². The number of H-pyrrole nitrogens is 1. The molecule has 0 fully saturated rings. The number of carbonyl (C=O) groups excluding carboxylic acids is 2. The number of benzene rings is 2. The second-order valence-electron chi connectivity index (χ2n) is 5.50. The molecule has 0 radical (unpaired) electrons. The van der Waals surface area contributed by atoms with Gasteiger partial charge in [0.1, 0.15) is 5.75 Å². The van der Waals surface area contributed by atoms with Crippen LogP contribution in [0.15, 0.2) is 48.5 Å². The van der Waals surface area contributed by atoms with E-state index in [0.29, 0.717) is 16.3 Å². The first kappa shape index (κ1) is 17.0. The van der Waals surface area contributed by atoms with Gasteiger partial charge in [-0.2, -0.15) is 0 Å². The highest BCUT2D eigenvalue weighted by atomic mass is 35.5. The molecular formula is C19H16ClNO4. The summed E-state index contributed by atoms with van der Waals surface area (Å²) in [6.07, 6.45) is 0. The predicted molar refractivity (Wildman–Crippen MR) is 95.3 cm³/mol. The molecule has 1 N–H and O–H groups in total. The Bertz CT molecular complexity index is 915. The minimum atomic E-state index is -0.610. The van der Waals surface area contributed by atoms with Crippen LogP contribution in [0.5, 0.6) is 5.75 Å². The van der Waals surface area contributed by atoms with Crippen molar-refractivity contribution in [3.63, 3.8) is 0 Å². The van der Waals surface area contributed by atoms with Crippen molar-refractivity contribution in [1.82, 2.24) is 4.98 Å². The van der Waals surface area contributed by atoms with Crippen molar-refractivity contribution >= 4 is 34.3 Å². The van der Waals surface area contributed by atoms with Crippen LogP contribution in [0.2, 0.25) is 5.02 Å². The van der Waals surface area contributed by atoms with Gasteiger partial charge in [-0.3, -0.25) is 4.79 Å². The Morgan fingerprint density at radius 2 is 1.76 bits per heavy atom. The molecule has 6 heteroatoms. The number of carbonyl (C=O) groups is 2. The topological polar surface area (TPSA) is 68.4 Å². The summed E-state index contributed by atoms with van der Waals surface area (Å²) in [5.41, 5.74) is 2.17. The van der Waals surface area contributed by atoms with Crippen LogP contribution in [0.1, 0.15) is 16.1 Å². The summed E-state index contributed by atoms with van der Waals surface area (Å²) in [4.78, 5) is 27.3. The highest BCUT2D eigenvalue weighted by Crippen LogP contribution is 2.22. The number of aromatic nitrogens is 1. The van der Waals surface area contributed by atoms with E-state index in [-0.39, 0.29) is 19.0 Å². The molecule has 25 heavy (non-hydrogen) atoms. The molecule has 1 aromatic heterocycles. The lowest BCUT2D eigenvalue weighted by Gasteiger charge is -2.07. The van der Waals surface area contributed by atoms with Crippen LogP contribution < -0.4 is 4.74 Å². The third-order valence-electron chi connectivity index (χ3n) is 3.71. The van der Waals surface area contributed by atoms with E-state index in [1.165, 1.54) is 0 Å². The number of hydrogen-bond acceptors (Lipinski definition) is 4. The maximum Gasteiger partial charge on any atom is 0.344 e. The quantitative estimate of drug-likeness (QED) is 0.536. The lowest BCUT2D eigenvalue weighted by Crippen LogP contribution is -2.19. The number of esters is 1. The number of ether oxygens (including phenoxy) is 2. The number of fused-ring (bicyclic) bond motifs is 1. The Morgan fingerprint density at radius 1 is 1.04 bits per heavy atom. The molecule has 0 unspecified atom stereocenters. The van der Waals surface area contributed by atoms with E-state index in [9.17, 15) is 9.59 Å². The van der Waals surface area contributed by atoms with Crippen LogP contribution in [0.3, 0.4) is 0 Å². The fraction of sp³-hybridized carbons (Fsp3) is 0.158. The number of nitrogens with one attached hydrogen (secondary N) is 1. The summed E-state index contributed by atoms with van der Waals surface area (Å²) in [7, 11) is 0. The van der Waals surface area contributed by atoms with E-state index in [0.717, 1.165) is 16.6 Å². The molecule has 2 aromatic carbocycles. The second-order valence-corrected chi connectivity index (χ2v) is 5.93. The second kappa shape index (κ2) is 7.40. The molecule has 1 heterocycles. The Labute approximate surface area is 149 Å². The highest BCUT2D eigenvalue weighted by Gasteiger charge is 2.17. The fourth-order valence-corrected chi connectivity index (χ4v) is 2.69. The number of para-hydroxylation sites is 1. The Kier molecular flexibility index (Phi) is 5.05. The van der Waals surface area contributed by atoms with Crippen LogP contribution in [0, 0.1) is 6.92 Å². The molecule has 0 saturated heterocycles. The molecule has 3 rings (SSSR count). The van der Waals surface area contributed by atoms with Gasteiger partial charge in [-0.15, -0.1) is 0 Å². The van der Waals surface area contributed by atoms with Crippen molar-refractivity contribution in [3.05, 3.63) is 64.8 Å². The van der Waals surface area contributed by atoms with E-state index in [1.807, 2.05) is 31.2 Å². The van der Waals surface area contributed by atoms with E-state index in [2.05, 4.69) is 4.98 Å². The van der Waals surface area contributed by atoms with Gasteiger partial charge >= 0.3 is 5.97 Å². The summed E-state index contributed by atoms with van der Waals surface area (Å²) in [6, 6.07) is 14.1. The van der Waals surface area contributed by atoms with Crippen molar-refractivity contribution < 1.29 is 19.1 Å². The standard InChI is InChI=1S/C19H16ClNO4/c1-12-19(15-4-2-3-5-16(15)21-12)17(22)10-25-18(23)11-24-14-8-6-13(20)7-9-14/h2-9,21H,10-11H2,1H3. The Morgan fingerprint density at radius 3 is 2.52 bits per heavy atom. The van der Waals surface area contributed by atoms with Crippen molar-refractivity contribution in [2.75, 3.05) is 13.2 Å². The van der Waals surface area contributed by atoms with E-state index >= 15 is 0 Å². The van der Waals surface area contributed by atoms with Gasteiger partial charge in [-0.05, 0) is 37.3 Å². The maximum atomic E-state index is 12.4. The van der Waals surface area contributed by atoms with Crippen LogP contribution in [-0.2, 0) is 9.53 Å². The average molecular weight is 358 g/mol. The molecule has 0 spiro atoms. The molecule has 3 aromatic rings. The molecule has 0 aliphatic rings. The normalized spacial score (nSPS) is 10.6. The first-order valence-corrected chi connectivity index (χ1v) is 8.07. The molecule has 128 valence electrons. The summed E-state index contributed by atoms with van der Waals surface area (Å²) in [5, 5.41) is 1.40. The number of hydrogen-bond donors (Lipinski definition) is 1. The number of halogens is 1. The predicted octanol–water partition coefficient (Wildman–Crippen LogP) is 3.93. The lowest BCUT2D eigenvalue weighted by molar-refractivity contribution is -0.144. The van der Waals surface area contributed by atoms with Crippen LogP contribution in [0.25, 0.3) is 10.9 Å². The summed E-state index contributed by atoms with van der Waals surface area (Å²) in [5.74, 6) is -0.365. The van der Waals surface area contributed by atoms with Gasteiger partial charge in [0.05, 0.1) is 0 Å². The molecule has 5 nitrogen and oxygen atoms in total. The van der Waals surface area contributed by atoms with Crippen molar-refractivity contribution in [1.29, 1.82) is 0 Å². The van der Waals surface area contributed by atoms with Crippen molar-refractivity contribution in [2.45, 2.75) is 6.92 Å². The minimum absolute atomic E-state index is 0.255. The molecule has 0 aliphatic carbocycles. The fourth-order valence-electron chi connectivity index (χ4n) is 2.57. The summed E-state index contributed by atoms with van der Waals surface area (Å²) < 4.78 is 10.3. The van der Waals surface area contributed by atoms with Gasteiger partial charge in [0.15, 0.2) is 13.2 Å². The zero-order valence-corrected chi connectivity index (χ0v) is 14.3. The van der Waals surface area contributed by atoms with E-state index < -0.39 is 5.97 Å². The van der Waals surface area contributed by atoms with E-state index in [1.54, 1.807) is 24.3 Å².